The first-order valence-corrected chi connectivity index (χ1v) is 14.0. The lowest BCUT2D eigenvalue weighted by atomic mass is 10.2. The van der Waals surface area contributed by atoms with Crippen LogP contribution in [0.5, 0.6) is 0 Å². The molecule has 1 aliphatic rings. The minimum atomic E-state index is -3.43. The molecule has 0 spiro atoms. The minimum absolute atomic E-state index is 0.0566. The first-order valence-electron chi connectivity index (χ1n) is 11.2. The maximum Gasteiger partial charge on any atom is 0.327 e. The predicted octanol–water partition coefficient (Wildman–Crippen LogP) is 4.18. The number of rotatable bonds is 7. The van der Waals surface area contributed by atoms with Crippen molar-refractivity contribution in [3.63, 3.8) is 0 Å². The van der Waals surface area contributed by atoms with Crippen LogP contribution in [0.4, 0.5) is 9.93 Å². The molecule has 2 N–H and O–H groups in total. The van der Waals surface area contributed by atoms with Crippen LogP contribution in [-0.4, -0.2) is 60.2 Å². The van der Waals surface area contributed by atoms with Crippen LogP contribution in [0.25, 0.3) is 15.9 Å². The molecule has 4 aromatic rings. The summed E-state index contributed by atoms with van der Waals surface area (Å²) in [6.07, 6.45) is 4.76. The molecule has 0 radical (unpaired) electrons. The summed E-state index contributed by atoms with van der Waals surface area (Å²) in [6.45, 7) is 2.39. The number of benzene rings is 2. The van der Waals surface area contributed by atoms with Crippen LogP contribution in [0.2, 0.25) is 5.02 Å². The van der Waals surface area contributed by atoms with Gasteiger partial charge < -0.3 is 9.47 Å². The Bertz CT molecular complexity index is 1550. The fourth-order valence-electron chi connectivity index (χ4n) is 3.78. The van der Waals surface area contributed by atoms with Gasteiger partial charge in [-0.05, 0) is 68.0 Å². The van der Waals surface area contributed by atoms with Crippen molar-refractivity contribution in [2.45, 2.75) is 11.3 Å². The number of carbonyl (C=O) groups is 2. The molecular weight excluding hydrogens is 522 g/mol. The molecule has 2 aromatic heterocycles. The standard InChI is InChI=1S/C24H22ClN5O4S2/c25-19-6-4-16(30-10-1-2-11-30)14-18(19)22(31)27-23(32)28-24-26-20-7-5-17(15-21(20)35-24)36(33,34)13-12-29-8-3-9-29/h1-2,4-7,10-11,14-15H,3,8-9,12-13H2,(H2,26,27,28,31,32). The Morgan fingerprint density at radius 1 is 1.08 bits per heavy atom. The summed E-state index contributed by atoms with van der Waals surface area (Å²) in [7, 11) is -3.43. The van der Waals surface area contributed by atoms with Crippen LogP contribution in [0.15, 0.2) is 65.8 Å². The number of likely N-dealkylation sites (tertiary alicyclic amines) is 1. The second-order valence-electron chi connectivity index (χ2n) is 8.33. The second kappa shape index (κ2) is 10.0. The van der Waals surface area contributed by atoms with Gasteiger partial charge in [-0.2, -0.15) is 0 Å². The lowest BCUT2D eigenvalue weighted by Crippen LogP contribution is -2.40. The van der Waals surface area contributed by atoms with Crippen LogP contribution < -0.4 is 10.6 Å². The highest BCUT2D eigenvalue weighted by molar-refractivity contribution is 7.91. The molecule has 0 saturated carbocycles. The number of sulfone groups is 1. The zero-order valence-corrected chi connectivity index (χ0v) is 21.4. The fraction of sp³-hybridized carbons (Fsp3) is 0.208. The molecule has 1 aliphatic heterocycles. The number of nitrogens with one attached hydrogen (secondary N) is 2. The molecule has 0 atom stereocenters. The quantitative estimate of drug-likeness (QED) is 0.361. The zero-order valence-electron chi connectivity index (χ0n) is 19.0. The molecule has 1 saturated heterocycles. The molecule has 3 amide bonds. The van der Waals surface area contributed by atoms with Crippen molar-refractivity contribution in [2.24, 2.45) is 0 Å². The van der Waals surface area contributed by atoms with E-state index in [9.17, 15) is 18.0 Å². The number of amides is 3. The van der Waals surface area contributed by atoms with Gasteiger partial charge in [-0.15, -0.1) is 0 Å². The van der Waals surface area contributed by atoms with Gasteiger partial charge in [0.1, 0.15) is 0 Å². The number of carbonyl (C=O) groups excluding carboxylic acids is 2. The van der Waals surface area contributed by atoms with Gasteiger partial charge in [-0.1, -0.05) is 22.9 Å². The molecule has 12 heteroatoms. The Kier molecular flexibility index (Phi) is 6.80. The van der Waals surface area contributed by atoms with E-state index in [1.165, 1.54) is 6.07 Å². The van der Waals surface area contributed by atoms with Gasteiger partial charge in [0.05, 0.1) is 31.5 Å². The summed E-state index contributed by atoms with van der Waals surface area (Å²) in [5.74, 6) is -0.607. The van der Waals surface area contributed by atoms with E-state index in [4.69, 9.17) is 11.6 Å². The number of nitrogens with zero attached hydrogens (tertiary/aromatic N) is 3. The van der Waals surface area contributed by atoms with Crippen molar-refractivity contribution >= 4 is 60.1 Å². The van der Waals surface area contributed by atoms with Crippen LogP contribution in [0, 0.1) is 0 Å². The van der Waals surface area contributed by atoms with Gasteiger partial charge in [-0.25, -0.2) is 18.2 Å². The van der Waals surface area contributed by atoms with Crippen LogP contribution in [0.3, 0.4) is 0 Å². The van der Waals surface area contributed by atoms with Crippen LogP contribution in [-0.2, 0) is 9.84 Å². The van der Waals surface area contributed by atoms with Crippen molar-refractivity contribution < 1.29 is 18.0 Å². The van der Waals surface area contributed by atoms with Gasteiger partial charge in [-0.3, -0.25) is 15.4 Å². The third-order valence-corrected chi connectivity index (χ3v) is 8.84. The molecule has 0 unspecified atom stereocenters. The van der Waals surface area contributed by atoms with Gasteiger partial charge >= 0.3 is 6.03 Å². The van der Waals surface area contributed by atoms with E-state index in [1.807, 2.05) is 29.1 Å². The van der Waals surface area contributed by atoms with Crippen molar-refractivity contribution in [3.05, 3.63) is 71.5 Å². The average Bonchev–Trinajstić information content (AvgIpc) is 3.47. The van der Waals surface area contributed by atoms with E-state index >= 15 is 0 Å². The first kappa shape index (κ1) is 24.4. The Morgan fingerprint density at radius 2 is 1.86 bits per heavy atom. The van der Waals surface area contributed by atoms with Crippen LogP contribution >= 0.6 is 22.9 Å². The van der Waals surface area contributed by atoms with Crippen molar-refractivity contribution in [1.82, 2.24) is 19.8 Å². The normalized spacial score (nSPS) is 13.9. The summed E-state index contributed by atoms with van der Waals surface area (Å²) in [5, 5.41) is 5.24. The molecule has 186 valence electrons. The van der Waals surface area contributed by atoms with E-state index in [2.05, 4.69) is 20.5 Å². The third-order valence-electron chi connectivity index (χ3n) is 5.89. The monoisotopic (exact) mass is 543 g/mol. The van der Waals surface area contributed by atoms with Crippen molar-refractivity contribution in [2.75, 3.05) is 30.7 Å². The van der Waals surface area contributed by atoms with E-state index in [-0.39, 0.29) is 26.4 Å². The molecule has 1 fully saturated rings. The predicted molar refractivity (Wildman–Crippen MR) is 140 cm³/mol. The average molecular weight is 544 g/mol. The smallest absolute Gasteiger partial charge is 0.324 e. The largest absolute Gasteiger partial charge is 0.327 e. The summed E-state index contributed by atoms with van der Waals surface area (Å²) < 4.78 is 27.9. The number of hydrogen-bond acceptors (Lipinski definition) is 7. The number of thiazole rings is 1. The van der Waals surface area contributed by atoms with E-state index < -0.39 is 21.8 Å². The summed E-state index contributed by atoms with van der Waals surface area (Å²) in [6, 6.07) is 12.6. The highest BCUT2D eigenvalue weighted by Crippen LogP contribution is 2.29. The molecule has 3 heterocycles. The topological polar surface area (TPSA) is 113 Å². The Balaban J connectivity index is 1.26. The minimum Gasteiger partial charge on any atom is -0.324 e. The van der Waals surface area contributed by atoms with Gasteiger partial charge in [0.15, 0.2) is 15.0 Å². The van der Waals surface area contributed by atoms with E-state index in [0.717, 1.165) is 36.5 Å². The lowest BCUT2D eigenvalue weighted by Gasteiger charge is -2.30. The highest BCUT2D eigenvalue weighted by atomic mass is 35.5. The van der Waals surface area contributed by atoms with Gasteiger partial charge in [0.2, 0.25) is 0 Å². The molecule has 36 heavy (non-hydrogen) atoms. The zero-order chi connectivity index (χ0) is 25.3. The van der Waals surface area contributed by atoms with Crippen molar-refractivity contribution in [1.29, 1.82) is 0 Å². The Hall–Kier alpha value is -3.25. The second-order valence-corrected chi connectivity index (χ2v) is 11.9. The number of hydrogen-bond donors (Lipinski definition) is 2. The fourth-order valence-corrected chi connectivity index (χ4v) is 6.26. The summed E-state index contributed by atoms with van der Waals surface area (Å²) in [5.41, 5.74) is 1.41. The van der Waals surface area contributed by atoms with Gasteiger partial charge in [0, 0.05) is 24.6 Å². The number of imide groups is 1. The highest BCUT2D eigenvalue weighted by Gasteiger charge is 2.21. The SMILES string of the molecule is O=C(NC(=O)c1cc(-n2cccc2)ccc1Cl)Nc1nc2ccc(S(=O)(=O)CCN3CCC3)cc2s1. The number of fused-ring (bicyclic) bond motifs is 1. The summed E-state index contributed by atoms with van der Waals surface area (Å²) >= 11 is 7.31. The molecule has 5 rings (SSSR count). The molecule has 0 aliphatic carbocycles. The number of aromatic nitrogens is 2. The Labute approximate surface area is 216 Å². The third kappa shape index (κ3) is 5.29. The Morgan fingerprint density at radius 3 is 2.58 bits per heavy atom. The summed E-state index contributed by atoms with van der Waals surface area (Å²) in [4.78, 5) is 31.8. The number of halogens is 1. The van der Waals surface area contributed by atoms with E-state index in [0.29, 0.717) is 16.8 Å². The van der Waals surface area contributed by atoms with Gasteiger partial charge in [0.25, 0.3) is 5.91 Å². The first-order chi connectivity index (χ1) is 17.3. The lowest BCUT2D eigenvalue weighted by molar-refractivity contribution is 0.0967. The maximum atomic E-state index is 12.7. The maximum absolute atomic E-state index is 12.7. The molecule has 9 nitrogen and oxygen atoms in total. The van der Waals surface area contributed by atoms with Crippen LogP contribution in [0.1, 0.15) is 16.8 Å². The van der Waals surface area contributed by atoms with E-state index in [1.54, 1.807) is 30.3 Å². The molecule has 2 aromatic carbocycles. The van der Waals surface area contributed by atoms with Crippen molar-refractivity contribution in [3.8, 4) is 5.69 Å². The molecule has 0 bridgehead atoms. The molecular formula is C24H22ClN5O4S2. The number of anilines is 1. The number of urea groups is 1.